The zero-order valence-electron chi connectivity index (χ0n) is 15.9. The average molecular weight is 387 g/mol. The lowest BCUT2D eigenvalue weighted by atomic mass is 10.2. The summed E-state index contributed by atoms with van der Waals surface area (Å²) in [6.07, 6.45) is 0.816. The number of nitrogens with zero attached hydrogens (tertiary/aromatic N) is 3. The molecule has 0 saturated carbocycles. The average Bonchev–Trinajstić information content (AvgIpc) is 3.08. The van der Waals surface area contributed by atoms with E-state index in [0.29, 0.717) is 32.7 Å². The molecule has 3 amide bonds. The molecule has 1 aliphatic rings. The zero-order valence-corrected chi connectivity index (χ0v) is 15.9. The number of hydrogen-bond acceptors (Lipinski definition) is 5. The Balaban J connectivity index is 1.46. The van der Waals surface area contributed by atoms with Gasteiger partial charge in [0.1, 0.15) is 12.4 Å². The summed E-state index contributed by atoms with van der Waals surface area (Å²) in [7, 11) is 0. The molecule has 2 heterocycles. The minimum atomic E-state index is -0.402. The second-order valence-electron chi connectivity index (χ2n) is 6.55. The maximum absolute atomic E-state index is 12.2. The van der Waals surface area contributed by atoms with E-state index in [1.807, 2.05) is 35.8 Å². The third kappa shape index (κ3) is 4.86. The molecule has 0 radical (unpaired) electrons. The van der Waals surface area contributed by atoms with Crippen LogP contribution >= 0.6 is 0 Å². The van der Waals surface area contributed by atoms with Crippen molar-refractivity contribution in [1.29, 1.82) is 0 Å². The van der Waals surface area contributed by atoms with Crippen molar-refractivity contribution in [3.05, 3.63) is 30.1 Å². The molecule has 28 heavy (non-hydrogen) atoms. The number of aromatic nitrogens is 2. The van der Waals surface area contributed by atoms with Crippen LogP contribution in [-0.2, 0) is 32.1 Å². The number of carbonyl (C=O) groups excluding carboxylic acids is 3. The summed E-state index contributed by atoms with van der Waals surface area (Å²) in [5, 5.41) is 0. The monoisotopic (exact) mass is 387 g/mol. The smallest absolute Gasteiger partial charge is 0.258 e. The maximum atomic E-state index is 12.2. The zero-order chi connectivity index (χ0) is 19.9. The van der Waals surface area contributed by atoms with Gasteiger partial charge in [-0.15, -0.1) is 0 Å². The molecule has 1 aliphatic heterocycles. The van der Waals surface area contributed by atoms with Crippen LogP contribution in [0.1, 0.15) is 25.6 Å². The van der Waals surface area contributed by atoms with Gasteiger partial charge in [0.15, 0.2) is 0 Å². The highest BCUT2D eigenvalue weighted by atomic mass is 16.5. The van der Waals surface area contributed by atoms with Crippen LogP contribution in [0.5, 0.6) is 0 Å². The number of rotatable bonds is 6. The first-order chi connectivity index (χ1) is 13.6. The Morgan fingerprint density at radius 3 is 2.54 bits per heavy atom. The van der Waals surface area contributed by atoms with Gasteiger partial charge in [-0.05, 0) is 12.1 Å². The summed E-state index contributed by atoms with van der Waals surface area (Å²) < 4.78 is 7.03. The van der Waals surface area contributed by atoms with Gasteiger partial charge in [-0.25, -0.2) is 4.98 Å². The van der Waals surface area contributed by atoms with Crippen molar-refractivity contribution < 1.29 is 19.1 Å². The highest BCUT2D eigenvalue weighted by Gasteiger charge is 2.18. The predicted molar refractivity (Wildman–Crippen MR) is 102 cm³/mol. The molecule has 150 valence electrons. The van der Waals surface area contributed by atoms with Crippen molar-refractivity contribution in [2.24, 2.45) is 0 Å². The van der Waals surface area contributed by atoms with Gasteiger partial charge in [-0.1, -0.05) is 19.1 Å². The number of hydrogen-bond donors (Lipinski definition) is 2. The Bertz CT molecular complexity index is 857. The highest BCUT2D eigenvalue weighted by molar-refractivity contribution is 5.86. The molecule has 1 aromatic heterocycles. The van der Waals surface area contributed by atoms with Crippen LogP contribution in [0.25, 0.3) is 11.0 Å². The molecule has 3 rings (SSSR count). The van der Waals surface area contributed by atoms with E-state index in [2.05, 4.69) is 15.8 Å². The van der Waals surface area contributed by atoms with Crippen molar-refractivity contribution in [3.63, 3.8) is 0 Å². The molecule has 1 saturated heterocycles. The van der Waals surface area contributed by atoms with Crippen molar-refractivity contribution in [1.82, 2.24) is 25.3 Å². The summed E-state index contributed by atoms with van der Waals surface area (Å²) in [6, 6.07) is 7.60. The van der Waals surface area contributed by atoms with Gasteiger partial charge in [0, 0.05) is 32.4 Å². The highest BCUT2D eigenvalue weighted by Crippen LogP contribution is 2.16. The van der Waals surface area contributed by atoms with Crippen LogP contribution in [0.4, 0.5) is 0 Å². The van der Waals surface area contributed by atoms with Crippen LogP contribution in [0.3, 0.4) is 0 Å². The first-order valence-electron chi connectivity index (χ1n) is 9.46. The van der Waals surface area contributed by atoms with Gasteiger partial charge < -0.3 is 14.2 Å². The van der Waals surface area contributed by atoms with E-state index in [0.717, 1.165) is 16.9 Å². The van der Waals surface area contributed by atoms with Gasteiger partial charge >= 0.3 is 0 Å². The number of hydrazine groups is 1. The fraction of sp³-hybridized carbons (Fsp3) is 0.474. The molecular formula is C19H25N5O4. The summed E-state index contributed by atoms with van der Waals surface area (Å²) >= 11 is 0. The fourth-order valence-corrected chi connectivity index (χ4v) is 3.15. The largest absolute Gasteiger partial charge is 0.378 e. The Morgan fingerprint density at radius 2 is 1.79 bits per heavy atom. The minimum Gasteiger partial charge on any atom is -0.378 e. The minimum absolute atomic E-state index is 0.0185. The molecular weight excluding hydrogens is 362 g/mol. The van der Waals surface area contributed by atoms with Crippen LogP contribution in [0, 0.1) is 0 Å². The topological polar surface area (TPSA) is 106 Å². The second-order valence-corrected chi connectivity index (χ2v) is 6.55. The molecule has 0 spiro atoms. The number of imidazole rings is 1. The third-order valence-electron chi connectivity index (χ3n) is 4.62. The Hall–Kier alpha value is -2.94. The molecule has 9 nitrogen and oxygen atoms in total. The van der Waals surface area contributed by atoms with Crippen LogP contribution in [-0.4, -0.2) is 58.5 Å². The number of aryl methyl sites for hydroxylation is 1. The molecule has 9 heteroatoms. The number of benzene rings is 1. The van der Waals surface area contributed by atoms with Crippen molar-refractivity contribution >= 4 is 28.8 Å². The number of morpholine rings is 1. The predicted octanol–water partition coefficient (Wildman–Crippen LogP) is 0.385. The van der Waals surface area contributed by atoms with Crippen LogP contribution in [0.15, 0.2) is 24.3 Å². The molecule has 2 aromatic rings. The lowest BCUT2D eigenvalue weighted by Gasteiger charge is -2.26. The number of ether oxygens (including phenoxy) is 1. The summed E-state index contributed by atoms with van der Waals surface area (Å²) in [6.45, 7) is 4.18. The Labute approximate surface area is 163 Å². The standard InChI is InChI=1S/C19H25N5O4/c1-2-16-20-14-5-3-4-6-15(14)24(16)13-18(26)22-21-17(25)7-8-19(27)23-9-11-28-12-10-23/h3-6H,2,7-13H2,1H3,(H,21,25)(H,22,26). The number of nitrogens with one attached hydrogen (secondary N) is 2. The summed E-state index contributed by atoms with van der Waals surface area (Å²) in [4.78, 5) is 42.4. The van der Waals surface area contributed by atoms with Crippen molar-refractivity contribution in [2.45, 2.75) is 32.7 Å². The van der Waals surface area contributed by atoms with E-state index >= 15 is 0 Å². The number of para-hydroxylation sites is 2. The van der Waals surface area contributed by atoms with E-state index in [9.17, 15) is 14.4 Å². The lowest BCUT2D eigenvalue weighted by molar-refractivity contribution is -0.137. The van der Waals surface area contributed by atoms with Crippen LogP contribution in [0.2, 0.25) is 0 Å². The molecule has 0 bridgehead atoms. The lowest BCUT2D eigenvalue weighted by Crippen LogP contribution is -2.44. The molecule has 1 fully saturated rings. The fourth-order valence-electron chi connectivity index (χ4n) is 3.15. The Kier molecular flexibility index (Phi) is 6.59. The normalized spacial score (nSPS) is 14.1. The van der Waals surface area contributed by atoms with Crippen LogP contribution < -0.4 is 10.9 Å². The van der Waals surface area contributed by atoms with E-state index in [-0.39, 0.29) is 31.2 Å². The Morgan fingerprint density at radius 1 is 1.07 bits per heavy atom. The van der Waals surface area contributed by atoms with E-state index in [1.54, 1.807) is 4.90 Å². The second kappa shape index (κ2) is 9.32. The summed E-state index contributed by atoms with van der Waals surface area (Å²) in [5.74, 6) is -0.0343. The molecule has 2 N–H and O–H groups in total. The SMILES string of the molecule is CCc1nc2ccccc2n1CC(=O)NNC(=O)CCC(=O)N1CCOCC1. The number of carbonyl (C=O) groups is 3. The molecule has 0 aliphatic carbocycles. The van der Waals surface area contributed by atoms with Crippen molar-refractivity contribution in [2.75, 3.05) is 26.3 Å². The molecule has 1 aromatic carbocycles. The number of amides is 3. The van der Waals surface area contributed by atoms with Gasteiger partial charge in [-0.3, -0.25) is 25.2 Å². The first kappa shape index (κ1) is 19.8. The third-order valence-corrected chi connectivity index (χ3v) is 4.62. The van der Waals surface area contributed by atoms with Gasteiger partial charge in [0.25, 0.3) is 5.91 Å². The quantitative estimate of drug-likeness (QED) is 0.698. The number of fused-ring (bicyclic) bond motifs is 1. The van der Waals surface area contributed by atoms with E-state index in [1.165, 1.54) is 0 Å². The van der Waals surface area contributed by atoms with E-state index in [4.69, 9.17) is 4.74 Å². The van der Waals surface area contributed by atoms with Gasteiger partial charge in [-0.2, -0.15) is 0 Å². The maximum Gasteiger partial charge on any atom is 0.258 e. The first-order valence-corrected chi connectivity index (χ1v) is 9.46. The van der Waals surface area contributed by atoms with Gasteiger partial charge in [0.05, 0.1) is 24.2 Å². The van der Waals surface area contributed by atoms with Crippen molar-refractivity contribution in [3.8, 4) is 0 Å². The molecule has 0 atom stereocenters. The van der Waals surface area contributed by atoms with E-state index < -0.39 is 5.91 Å². The molecule has 0 unspecified atom stereocenters. The summed E-state index contributed by atoms with van der Waals surface area (Å²) in [5.41, 5.74) is 6.48. The van der Waals surface area contributed by atoms with Gasteiger partial charge in [0.2, 0.25) is 11.8 Å².